The summed E-state index contributed by atoms with van der Waals surface area (Å²) in [6, 6.07) is 2.88. The van der Waals surface area contributed by atoms with Gasteiger partial charge < -0.3 is 9.47 Å². The first-order valence-electron chi connectivity index (χ1n) is 7.91. The average molecular weight is 320 g/mol. The lowest BCUT2D eigenvalue weighted by atomic mass is 10.1. The van der Waals surface area contributed by atoms with Crippen molar-refractivity contribution in [3.8, 4) is 0 Å². The van der Waals surface area contributed by atoms with E-state index >= 15 is 0 Å². The van der Waals surface area contributed by atoms with E-state index in [0.29, 0.717) is 12.8 Å². The topological polar surface area (TPSA) is 68.7 Å². The summed E-state index contributed by atoms with van der Waals surface area (Å²) in [5, 5.41) is 0. The van der Waals surface area contributed by atoms with Gasteiger partial charge in [0.2, 0.25) is 0 Å². The number of likely N-dealkylation sites (tertiary alicyclic amines) is 1. The third kappa shape index (κ3) is 4.21. The second kappa shape index (κ2) is 6.98. The van der Waals surface area contributed by atoms with Gasteiger partial charge in [-0.3, -0.25) is 9.88 Å². The molecule has 0 spiro atoms. The van der Waals surface area contributed by atoms with Crippen LogP contribution in [0.2, 0.25) is 0 Å². The molecule has 2 rings (SSSR count). The van der Waals surface area contributed by atoms with Crippen LogP contribution in [-0.4, -0.2) is 40.2 Å². The Kier molecular flexibility index (Phi) is 5.23. The van der Waals surface area contributed by atoms with Crippen LogP contribution in [0.4, 0.5) is 4.79 Å². The zero-order chi connectivity index (χ0) is 17.0. The number of carbonyl (C=O) groups excluding carboxylic acids is 2. The fraction of sp³-hybridized carbons (Fsp3) is 0.588. The van der Waals surface area contributed by atoms with E-state index in [4.69, 9.17) is 9.47 Å². The van der Waals surface area contributed by atoms with Gasteiger partial charge in [0.25, 0.3) is 0 Å². The van der Waals surface area contributed by atoms with Crippen LogP contribution in [0, 0.1) is 0 Å². The molecule has 0 saturated carbocycles. The average Bonchev–Trinajstić information content (AvgIpc) is 2.91. The molecule has 126 valence electrons. The Morgan fingerprint density at radius 2 is 2.09 bits per heavy atom. The predicted molar refractivity (Wildman–Crippen MR) is 84.7 cm³/mol. The number of esters is 1. The van der Waals surface area contributed by atoms with E-state index in [2.05, 4.69) is 4.98 Å². The maximum absolute atomic E-state index is 12.6. The quantitative estimate of drug-likeness (QED) is 0.801. The van der Waals surface area contributed by atoms with Crippen LogP contribution in [0.25, 0.3) is 0 Å². The van der Waals surface area contributed by atoms with E-state index in [1.54, 1.807) is 40.1 Å². The Balaban J connectivity index is 2.28. The van der Waals surface area contributed by atoms with Crippen molar-refractivity contribution >= 4 is 12.1 Å². The highest BCUT2D eigenvalue weighted by Crippen LogP contribution is 2.37. The van der Waals surface area contributed by atoms with Gasteiger partial charge in [-0.25, -0.2) is 9.59 Å². The number of hydrogen-bond donors (Lipinski definition) is 0. The highest BCUT2D eigenvalue weighted by atomic mass is 16.6. The number of carbonyl (C=O) groups is 2. The normalized spacial score (nSPS) is 21.1. The minimum Gasteiger partial charge on any atom is -0.464 e. The summed E-state index contributed by atoms with van der Waals surface area (Å²) in [4.78, 5) is 30.5. The lowest BCUT2D eigenvalue weighted by Gasteiger charge is -2.31. The van der Waals surface area contributed by atoms with Gasteiger partial charge in [0.15, 0.2) is 0 Å². The van der Waals surface area contributed by atoms with Crippen molar-refractivity contribution in [3.05, 3.63) is 30.1 Å². The van der Waals surface area contributed by atoms with Gasteiger partial charge in [-0.2, -0.15) is 0 Å². The largest absolute Gasteiger partial charge is 0.464 e. The van der Waals surface area contributed by atoms with Crippen LogP contribution in [0.1, 0.15) is 52.1 Å². The van der Waals surface area contributed by atoms with Crippen molar-refractivity contribution in [1.29, 1.82) is 0 Å². The molecule has 6 heteroatoms. The minimum absolute atomic E-state index is 0.229. The number of aromatic nitrogens is 1. The van der Waals surface area contributed by atoms with Crippen LogP contribution in [-0.2, 0) is 14.3 Å². The summed E-state index contributed by atoms with van der Waals surface area (Å²) in [5.74, 6) is -0.384. The van der Waals surface area contributed by atoms with Crippen molar-refractivity contribution in [2.24, 2.45) is 0 Å². The number of ether oxygens (including phenoxy) is 2. The first-order chi connectivity index (χ1) is 10.8. The van der Waals surface area contributed by atoms with E-state index in [1.165, 1.54) is 4.90 Å². The van der Waals surface area contributed by atoms with Crippen molar-refractivity contribution in [2.45, 2.75) is 58.2 Å². The smallest absolute Gasteiger partial charge is 0.411 e. The summed E-state index contributed by atoms with van der Waals surface area (Å²) >= 11 is 0. The first kappa shape index (κ1) is 17.2. The molecule has 0 N–H and O–H groups in total. The summed E-state index contributed by atoms with van der Waals surface area (Å²) in [7, 11) is 0. The predicted octanol–water partition coefficient (Wildman–Crippen LogP) is 3.09. The minimum atomic E-state index is -0.627. The number of pyridine rings is 1. The van der Waals surface area contributed by atoms with Gasteiger partial charge in [0, 0.05) is 12.4 Å². The Bertz CT molecular complexity index is 553. The van der Waals surface area contributed by atoms with E-state index in [-0.39, 0.29) is 18.6 Å². The number of nitrogens with zero attached hydrogens (tertiary/aromatic N) is 2. The van der Waals surface area contributed by atoms with Gasteiger partial charge in [-0.15, -0.1) is 0 Å². The summed E-state index contributed by atoms with van der Waals surface area (Å²) in [6.45, 7) is 7.45. The molecule has 1 aromatic rings. The van der Waals surface area contributed by atoms with E-state index in [9.17, 15) is 9.59 Å². The van der Waals surface area contributed by atoms with Gasteiger partial charge in [0.1, 0.15) is 11.6 Å². The Morgan fingerprint density at radius 1 is 1.35 bits per heavy atom. The molecule has 1 fully saturated rings. The fourth-order valence-corrected chi connectivity index (χ4v) is 2.75. The van der Waals surface area contributed by atoms with Crippen molar-refractivity contribution < 1.29 is 19.1 Å². The molecule has 2 atom stereocenters. The molecule has 2 heterocycles. The van der Waals surface area contributed by atoms with Crippen molar-refractivity contribution in [2.75, 3.05) is 6.61 Å². The molecule has 1 amide bonds. The third-order valence-electron chi connectivity index (χ3n) is 3.62. The molecule has 0 radical (unpaired) electrons. The molecule has 1 aliphatic heterocycles. The fourth-order valence-electron chi connectivity index (χ4n) is 2.75. The lowest BCUT2D eigenvalue weighted by Crippen LogP contribution is -2.45. The second-order valence-electron chi connectivity index (χ2n) is 6.53. The summed E-state index contributed by atoms with van der Waals surface area (Å²) in [5.41, 5.74) is 0.267. The number of amides is 1. The maximum Gasteiger partial charge on any atom is 0.411 e. The monoisotopic (exact) mass is 320 g/mol. The zero-order valence-electron chi connectivity index (χ0n) is 14.1. The molecule has 0 bridgehead atoms. The van der Waals surface area contributed by atoms with Crippen LogP contribution in [0.3, 0.4) is 0 Å². The molecule has 0 unspecified atom stereocenters. The Morgan fingerprint density at radius 3 is 2.65 bits per heavy atom. The van der Waals surface area contributed by atoms with Gasteiger partial charge in [-0.05, 0) is 52.2 Å². The van der Waals surface area contributed by atoms with Crippen molar-refractivity contribution in [1.82, 2.24) is 9.88 Å². The highest BCUT2D eigenvalue weighted by Gasteiger charge is 2.44. The van der Waals surface area contributed by atoms with Crippen molar-refractivity contribution in [3.63, 3.8) is 0 Å². The molecule has 0 aliphatic carbocycles. The van der Waals surface area contributed by atoms with E-state index in [1.807, 2.05) is 12.1 Å². The van der Waals surface area contributed by atoms with Crippen LogP contribution < -0.4 is 0 Å². The maximum atomic E-state index is 12.6. The third-order valence-corrected chi connectivity index (χ3v) is 3.62. The lowest BCUT2D eigenvalue weighted by molar-refractivity contribution is -0.148. The molecule has 1 saturated heterocycles. The molecule has 23 heavy (non-hydrogen) atoms. The molecule has 1 aromatic heterocycles. The number of rotatable bonds is 3. The zero-order valence-corrected chi connectivity index (χ0v) is 14.1. The van der Waals surface area contributed by atoms with Gasteiger partial charge in [-0.1, -0.05) is 6.07 Å². The second-order valence-corrected chi connectivity index (χ2v) is 6.53. The summed E-state index contributed by atoms with van der Waals surface area (Å²) < 4.78 is 10.6. The SMILES string of the molecule is CCOC(=O)[C@@H]1CC[C@H](c2cccnc2)N1C(=O)OC(C)(C)C. The van der Waals surface area contributed by atoms with Gasteiger partial charge >= 0.3 is 12.1 Å². The Hall–Kier alpha value is -2.11. The molecular weight excluding hydrogens is 296 g/mol. The summed E-state index contributed by atoms with van der Waals surface area (Å²) in [6.07, 6.45) is 4.13. The molecular formula is C17H24N2O4. The standard InChI is InChI=1S/C17H24N2O4/c1-5-22-15(20)14-9-8-13(12-7-6-10-18-11-12)19(14)16(21)23-17(2,3)4/h6-7,10-11,13-14H,5,8-9H2,1-4H3/t13-,14+/m1/s1. The molecule has 0 aromatic carbocycles. The van der Waals surface area contributed by atoms with E-state index < -0.39 is 17.7 Å². The van der Waals surface area contributed by atoms with E-state index in [0.717, 1.165) is 5.56 Å². The Labute approximate surface area is 136 Å². The number of hydrogen-bond acceptors (Lipinski definition) is 5. The van der Waals surface area contributed by atoms with Crippen LogP contribution in [0.15, 0.2) is 24.5 Å². The van der Waals surface area contributed by atoms with Crippen LogP contribution >= 0.6 is 0 Å². The molecule has 1 aliphatic rings. The highest BCUT2D eigenvalue weighted by molar-refractivity contribution is 5.82. The first-order valence-corrected chi connectivity index (χ1v) is 7.91. The van der Waals surface area contributed by atoms with Gasteiger partial charge in [0.05, 0.1) is 12.6 Å². The van der Waals surface area contributed by atoms with Crippen LogP contribution in [0.5, 0.6) is 0 Å². The molecule has 6 nitrogen and oxygen atoms in total.